The largest absolute Gasteiger partial charge is 0.497 e. The fourth-order valence-corrected chi connectivity index (χ4v) is 3.91. The number of fused-ring (bicyclic) bond motifs is 1. The molecule has 0 bridgehead atoms. The van der Waals surface area contributed by atoms with Gasteiger partial charge in [0.2, 0.25) is 0 Å². The molecule has 0 radical (unpaired) electrons. The van der Waals surface area contributed by atoms with Gasteiger partial charge in [0, 0.05) is 29.9 Å². The van der Waals surface area contributed by atoms with E-state index in [-0.39, 0.29) is 5.41 Å². The second-order valence-electron chi connectivity index (χ2n) is 8.15. The topological polar surface area (TPSA) is 50.8 Å². The van der Waals surface area contributed by atoms with Crippen LogP contribution in [-0.2, 0) is 12.0 Å². The van der Waals surface area contributed by atoms with Crippen molar-refractivity contribution in [1.29, 1.82) is 0 Å². The van der Waals surface area contributed by atoms with Crippen LogP contribution in [0.3, 0.4) is 0 Å². The molecule has 0 aliphatic carbocycles. The summed E-state index contributed by atoms with van der Waals surface area (Å²) in [7, 11) is 1.60. The molecule has 3 aromatic carbocycles. The fourth-order valence-electron chi connectivity index (χ4n) is 3.91. The van der Waals surface area contributed by atoms with E-state index >= 15 is 0 Å². The first-order valence-electron chi connectivity index (χ1n) is 10.0. The number of methoxy groups -OCH3 is 1. The SMILES string of the molecule is COc1ccc(NC(=O)Oc2ccc3c(c2)C(C)(C)CN3Cc2ccccc2)cc1. The number of amides is 1. The molecule has 0 atom stereocenters. The molecule has 4 rings (SSSR count). The van der Waals surface area contributed by atoms with Gasteiger partial charge >= 0.3 is 6.09 Å². The van der Waals surface area contributed by atoms with E-state index in [2.05, 4.69) is 48.3 Å². The minimum atomic E-state index is -0.517. The van der Waals surface area contributed by atoms with Crippen molar-refractivity contribution < 1.29 is 14.3 Å². The van der Waals surface area contributed by atoms with Crippen LogP contribution in [0.25, 0.3) is 0 Å². The summed E-state index contributed by atoms with van der Waals surface area (Å²) in [5, 5.41) is 2.74. The molecule has 3 aromatic rings. The second kappa shape index (κ2) is 8.11. The molecule has 0 fully saturated rings. The highest BCUT2D eigenvalue weighted by atomic mass is 16.6. The molecular weight excluding hydrogens is 376 g/mol. The number of rotatable bonds is 5. The number of nitrogens with zero attached hydrogens (tertiary/aromatic N) is 1. The van der Waals surface area contributed by atoms with Crippen molar-refractivity contribution in [1.82, 2.24) is 0 Å². The van der Waals surface area contributed by atoms with E-state index in [9.17, 15) is 4.79 Å². The first kappa shape index (κ1) is 19.8. The van der Waals surface area contributed by atoms with Crippen LogP contribution in [0.1, 0.15) is 25.0 Å². The zero-order valence-corrected chi connectivity index (χ0v) is 17.5. The van der Waals surface area contributed by atoms with E-state index in [4.69, 9.17) is 9.47 Å². The standard InChI is InChI=1S/C25H26N2O3/c1-25(2)17-27(16-18-7-5-4-6-8-18)23-14-13-21(15-22(23)25)30-24(28)26-19-9-11-20(29-3)12-10-19/h4-15H,16-17H2,1-3H3,(H,26,28). The van der Waals surface area contributed by atoms with Crippen LogP contribution in [-0.4, -0.2) is 19.7 Å². The third-order valence-corrected chi connectivity index (χ3v) is 5.39. The molecule has 1 amide bonds. The minimum Gasteiger partial charge on any atom is -0.497 e. The maximum atomic E-state index is 12.3. The number of hydrogen-bond donors (Lipinski definition) is 1. The van der Waals surface area contributed by atoms with E-state index < -0.39 is 6.09 Å². The summed E-state index contributed by atoms with van der Waals surface area (Å²) in [4.78, 5) is 14.7. The van der Waals surface area contributed by atoms with Crippen molar-refractivity contribution in [2.75, 3.05) is 23.9 Å². The van der Waals surface area contributed by atoms with Gasteiger partial charge in [-0.3, -0.25) is 5.32 Å². The Bertz CT molecular complexity index is 1030. The molecule has 154 valence electrons. The molecule has 5 heteroatoms. The van der Waals surface area contributed by atoms with Gasteiger partial charge in [0.05, 0.1) is 7.11 Å². The molecule has 1 heterocycles. The molecule has 0 unspecified atom stereocenters. The molecule has 5 nitrogen and oxygen atoms in total. The maximum absolute atomic E-state index is 12.3. The molecular formula is C25H26N2O3. The first-order chi connectivity index (χ1) is 14.4. The number of carbonyl (C=O) groups excluding carboxylic acids is 1. The average Bonchev–Trinajstić information content (AvgIpc) is 2.98. The lowest BCUT2D eigenvalue weighted by Gasteiger charge is -2.22. The van der Waals surface area contributed by atoms with Crippen LogP contribution in [0.2, 0.25) is 0 Å². The van der Waals surface area contributed by atoms with Gasteiger partial charge in [-0.25, -0.2) is 4.79 Å². The van der Waals surface area contributed by atoms with Gasteiger partial charge in [0.15, 0.2) is 0 Å². The van der Waals surface area contributed by atoms with Gasteiger partial charge in [-0.05, 0) is 53.6 Å². The third-order valence-electron chi connectivity index (χ3n) is 5.39. The average molecular weight is 402 g/mol. The summed E-state index contributed by atoms with van der Waals surface area (Å²) < 4.78 is 10.7. The van der Waals surface area contributed by atoms with E-state index in [0.717, 1.165) is 18.8 Å². The van der Waals surface area contributed by atoms with E-state index in [1.807, 2.05) is 24.3 Å². The lowest BCUT2D eigenvalue weighted by molar-refractivity contribution is 0.215. The predicted molar refractivity (Wildman–Crippen MR) is 120 cm³/mol. The molecule has 1 aliphatic rings. The Kier molecular flexibility index (Phi) is 5.36. The van der Waals surface area contributed by atoms with Gasteiger partial charge in [-0.2, -0.15) is 0 Å². The van der Waals surface area contributed by atoms with Crippen molar-refractivity contribution in [3.63, 3.8) is 0 Å². The van der Waals surface area contributed by atoms with Gasteiger partial charge in [-0.15, -0.1) is 0 Å². The van der Waals surface area contributed by atoms with Crippen LogP contribution < -0.4 is 19.7 Å². The summed E-state index contributed by atoms with van der Waals surface area (Å²) in [5.41, 5.74) is 4.27. The summed E-state index contributed by atoms with van der Waals surface area (Å²) in [6.07, 6.45) is -0.517. The van der Waals surface area contributed by atoms with Crippen molar-refractivity contribution in [2.24, 2.45) is 0 Å². The zero-order valence-electron chi connectivity index (χ0n) is 17.5. The smallest absolute Gasteiger partial charge is 0.417 e. The van der Waals surface area contributed by atoms with Crippen LogP contribution in [0.4, 0.5) is 16.2 Å². The predicted octanol–water partition coefficient (Wildman–Crippen LogP) is 5.60. The van der Waals surface area contributed by atoms with Crippen molar-refractivity contribution in [3.05, 3.63) is 83.9 Å². The molecule has 0 saturated heterocycles. The van der Waals surface area contributed by atoms with Crippen LogP contribution >= 0.6 is 0 Å². The first-order valence-corrected chi connectivity index (χ1v) is 10.0. The van der Waals surface area contributed by atoms with Crippen molar-refractivity contribution >= 4 is 17.5 Å². The number of nitrogens with one attached hydrogen (secondary N) is 1. The summed E-state index contributed by atoms with van der Waals surface area (Å²) in [6.45, 7) is 6.21. The molecule has 1 N–H and O–H groups in total. The minimum absolute atomic E-state index is 0.0318. The number of hydrogen-bond acceptors (Lipinski definition) is 4. The van der Waals surface area contributed by atoms with Gasteiger partial charge < -0.3 is 14.4 Å². The van der Waals surface area contributed by atoms with E-state index in [1.54, 1.807) is 31.4 Å². The highest BCUT2D eigenvalue weighted by molar-refractivity contribution is 5.86. The van der Waals surface area contributed by atoms with Crippen molar-refractivity contribution in [2.45, 2.75) is 25.8 Å². The lowest BCUT2D eigenvalue weighted by atomic mass is 9.87. The summed E-state index contributed by atoms with van der Waals surface area (Å²) in [5.74, 6) is 1.27. The summed E-state index contributed by atoms with van der Waals surface area (Å²) in [6, 6.07) is 23.4. The third kappa shape index (κ3) is 4.25. The quantitative estimate of drug-likeness (QED) is 0.603. The Balaban J connectivity index is 1.48. The summed E-state index contributed by atoms with van der Waals surface area (Å²) >= 11 is 0. The fraction of sp³-hybridized carbons (Fsp3) is 0.240. The number of anilines is 2. The number of ether oxygens (including phenoxy) is 2. The number of carbonyl (C=O) groups is 1. The Morgan fingerprint density at radius 2 is 1.70 bits per heavy atom. The normalized spacial score (nSPS) is 14.2. The highest BCUT2D eigenvalue weighted by Gasteiger charge is 2.35. The van der Waals surface area contributed by atoms with E-state index in [0.29, 0.717) is 11.4 Å². The molecule has 0 aromatic heterocycles. The van der Waals surface area contributed by atoms with Crippen LogP contribution in [0, 0.1) is 0 Å². The van der Waals surface area contributed by atoms with Gasteiger partial charge in [0.25, 0.3) is 0 Å². The Morgan fingerprint density at radius 1 is 1.00 bits per heavy atom. The Labute approximate surface area is 177 Å². The van der Waals surface area contributed by atoms with E-state index in [1.165, 1.54) is 16.8 Å². The molecule has 0 spiro atoms. The molecule has 30 heavy (non-hydrogen) atoms. The monoisotopic (exact) mass is 402 g/mol. The maximum Gasteiger partial charge on any atom is 0.417 e. The van der Waals surface area contributed by atoms with Crippen molar-refractivity contribution in [3.8, 4) is 11.5 Å². The second-order valence-corrected chi connectivity index (χ2v) is 8.15. The van der Waals surface area contributed by atoms with Crippen LogP contribution in [0.5, 0.6) is 11.5 Å². The Hall–Kier alpha value is -3.47. The van der Waals surface area contributed by atoms with Crippen LogP contribution in [0.15, 0.2) is 72.8 Å². The Morgan fingerprint density at radius 3 is 2.40 bits per heavy atom. The van der Waals surface area contributed by atoms with Gasteiger partial charge in [-0.1, -0.05) is 44.2 Å². The molecule has 1 aliphatic heterocycles. The van der Waals surface area contributed by atoms with Gasteiger partial charge in [0.1, 0.15) is 11.5 Å². The number of benzene rings is 3. The highest BCUT2D eigenvalue weighted by Crippen LogP contribution is 2.42. The zero-order chi connectivity index (χ0) is 21.1. The molecule has 0 saturated carbocycles. The lowest BCUT2D eigenvalue weighted by Crippen LogP contribution is -2.28.